The molecule has 1 aromatic rings. The first-order valence-electron chi connectivity index (χ1n) is 7.10. The van der Waals surface area contributed by atoms with Crippen LogP contribution in [0.15, 0.2) is 24.3 Å². The van der Waals surface area contributed by atoms with Gasteiger partial charge < -0.3 is 5.32 Å². The maximum atomic E-state index is 3.65. The van der Waals surface area contributed by atoms with E-state index in [0.717, 1.165) is 12.5 Å². The average Bonchev–Trinajstić information content (AvgIpc) is 2.23. The number of hydrogen-bond acceptors (Lipinski definition) is 1. The number of benzene rings is 1. The summed E-state index contributed by atoms with van der Waals surface area (Å²) < 4.78 is 0. The van der Waals surface area contributed by atoms with Crippen LogP contribution in [0.25, 0.3) is 0 Å². The van der Waals surface area contributed by atoms with Gasteiger partial charge in [-0.3, -0.25) is 0 Å². The maximum Gasteiger partial charge on any atom is 0.00967 e. The highest BCUT2D eigenvalue weighted by Gasteiger charge is 2.18. The van der Waals surface area contributed by atoms with E-state index in [4.69, 9.17) is 0 Å². The molecule has 0 radical (unpaired) electrons. The lowest BCUT2D eigenvalue weighted by atomic mass is 9.87. The second-order valence-electron chi connectivity index (χ2n) is 6.81. The smallest absolute Gasteiger partial charge is 0.00967 e. The summed E-state index contributed by atoms with van der Waals surface area (Å²) in [4.78, 5) is 0. The summed E-state index contributed by atoms with van der Waals surface area (Å²) in [7, 11) is 0. The van der Waals surface area contributed by atoms with Crippen LogP contribution in [0, 0.1) is 12.8 Å². The Morgan fingerprint density at radius 2 is 1.72 bits per heavy atom. The molecule has 18 heavy (non-hydrogen) atoms. The highest BCUT2D eigenvalue weighted by Crippen LogP contribution is 2.26. The minimum absolute atomic E-state index is 0.192. The molecule has 0 aliphatic rings. The van der Waals surface area contributed by atoms with E-state index >= 15 is 0 Å². The molecule has 1 N–H and O–H groups in total. The van der Waals surface area contributed by atoms with Gasteiger partial charge >= 0.3 is 0 Å². The Balaban J connectivity index is 2.82. The van der Waals surface area contributed by atoms with Gasteiger partial charge in [0.2, 0.25) is 0 Å². The Labute approximate surface area is 113 Å². The molecular formula is C17H29N. The predicted molar refractivity (Wildman–Crippen MR) is 81.1 cm³/mol. The summed E-state index contributed by atoms with van der Waals surface area (Å²) in [6.07, 6.45) is 1.24. The highest BCUT2D eigenvalue weighted by molar-refractivity contribution is 5.29. The van der Waals surface area contributed by atoms with Crippen molar-refractivity contribution in [1.82, 2.24) is 5.32 Å². The molecule has 0 heterocycles. The molecule has 1 atom stereocenters. The molecule has 1 aromatic carbocycles. The zero-order valence-corrected chi connectivity index (χ0v) is 12.9. The lowest BCUT2D eigenvalue weighted by molar-refractivity contribution is 0.381. The van der Waals surface area contributed by atoms with Crippen LogP contribution in [0.2, 0.25) is 0 Å². The molecule has 1 nitrogen and oxygen atoms in total. The molecule has 0 saturated heterocycles. The minimum Gasteiger partial charge on any atom is -0.311 e. The fourth-order valence-electron chi connectivity index (χ4n) is 2.36. The van der Waals surface area contributed by atoms with Gasteiger partial charge in [0.15, 0.2) is 0 Å². The van der Waals surface area contributed by atoms with E-state index in [2.05, 4.69) is 71.1 Å². The molecule has 1 unspecified atom stereocenters. The van der Waals surface area contributed by atoms with Crippen LogP contribution in [-0.4, -0.2) is 12.1 Å². The largest absolute Gasteiger partial charge is 0.311 e. The summed E-state index contributed by atoms with van der Waals surface area (Å²) in [6, 6.07) is 8.79. The number of aryl methyl sites for hydroxylation is 1. The Morgan fingerprint density at radius 3 is 2.22 bits per heavy atom. The molecule has 0 aromatic heterocycles. The van der Waals surface area contributed by atoms with E-state index in [9.17, 15) is 0 Å². The van der Waals surface area contributed by atoms with Gasteiger partial charge in [-0.25, -0.2) is 0 Å². The number of rotatable bonds is 5. The molecular weight excluding hydrogens is 218 g/mol. The predicted octanol–water partition coefficient (Wildman–Crippen LogP) is 4.51. The quantitative estimate of drug-likeness (QED) is 0.807. The van der Waals surface area contributed by atoms with Gasteiger partial charge in [0.1, 0.15) is 0 Å². The lowest BCUT2D eigenvalue weighted by Gasteiger charge is -2.27. The second kappa shape index (κ2) is 6.38. The third-order valence-electron chi connectivity index (χ3n) is 3.26. The van der Waals surface area contributed by atoms with Crippen LogP contribution in [0.5, 0.6) is 0 Å². The maximum absolute atomic E-state index is 3.65. The van der Waals surface area contributed by atoms with Crippen LogP contribution < -0.4 is 5.32 Å². The van der Waals surface area contributed by atoms with Crippen molar-refractivity contribution in [3.63, 3.8) is 0 Å². The van der Waals surface area contributed by atoms with Crippen LogP contribution >= 0.6 is 0 Å². The molecule has 0 amide bonds. The Morgan fingerprint density at radius 1 is 1.11 bits per heavy atom. The molecule has 0 aliphatic carbocycles. The van der Waals surface area contributed by atoms with Crippen molar-refractivity contribution < 1.29 is 0 Å². The van der Waals surface area contributed by atoms with E-state index in [1.807, 2.05) is 0 Å². The van der Waals surface area contributed by atoms with Gasteiger partial charge in [-0.2, -0.15) is 0 Å². The van der Waals surface area contributed by atoms with Crippen LogP contribution in [0.3, 0.4) is 0 Å². The molecule has 0 saturated carbocycles. The van der Waals surface area contributed by atoms with Crippen molar-refractivity contribution >= 4 is 0 Å². The zero-order chi connectivity index (χ0) is 13.8. The molecule has 102 valence electrons. The molecule has 1 rings (SSSR count). The minimum atomic E-state index is 0.192. The summed E-state index contributed by atoms with van der Waals surface area (Å²) in [5, 5.41) is 3.65. The van der Waals surface area contributed by atoms with E-state index < -0.39 is 0 Å². The third kappa shape index (κ3) is 5.22. The molecule has 0 aliphatic heterocycles. The van der Waals surface area contributed by atoms with Gasteiger partial charge in [-0.15, -0.1) is 0 Å². The van der Waals surface area contributed by atoms with E-state index in [1.54, 1.807) is 0 Å². The molecule has 0 spiro atoms. The summed E-state index contributed by atoms with van der Waals surface area (Å²) in [5.74, 6) is 1.35. The zero-order valence-electron chi connectivity index (χ0n) is 12.9. The van der Waals surface area contributed by atoms with Crippen LogP contribution in [0.1, 0.15) is 58.1 Å². The SMILES string of the molecule is Cc1ccccc1C(CNC(C)(C)C)CC(C)C. The van der Waals surface area contributed by atoms with E-state index in [-0.39, 0.29) is 5.54 Å². The topological polar surface area (TPSA) is 12.0 Å². The normalized spacial score (nSPS) is 13.9. The summed E-state index contributed by atoms with van der Waals surface area (Å²) >= 11 is 0. The van der Waals surface area contributed by atoms with Gasteiger partial charge in [0.05, 0.1) is 0 Å². The first kappa shape index (κ1) is 15.2. The standard InChI is InChI=1S/C17H29N/c1-13(2)11-15(12-18-17(4,5)6)16-10-8-7-9-14(16)3/h7-10,13,15,18H,11-12H2,1-6H3. The highest BCUT2D eigenvalue weighted by atomic mass is 14.9. The third-order valence-corrected chi connectivity index (χ3v) is 3.26. The fourth-order valence-corrected chi connectivity index (χ4v) is 2.36. The first-order chi connectivity index (χ1) is 8.29. The van der Waals surface area contributed by atoms with Crippen molar-refractivity contribution in [1.29, 1.82) is 0 Å². The molecule has 1 heteroatoms. The second-order valence-corrected chi connectivity index (χ2v) is 6.81. The van der Waals surface area contributed by atoms with E-state index in [0.29, 0.717) is 5.92 Å². The van der Waals surface area contributed by atoms with E-state index in [1.165, 1.54) is 17.5 Å². The fraction of sp³-hybridized carbons (Fsp3) is 0.647. The van der Waals surface area contributed by atoms with Crippen molar-refractivity contribution in [2.75, 3.05) is 6.54 Å². The van der Waals surface area contributed by atoms with Crippen LogP contribution in [-0.2, 0) is 0 Å². The van der Waals surface area contributed by atoms with Crippen molar-refractivity contribution in [3.8, 4) is 0 Å². The monoisotopic (exact) mass is 247 g/mol. The number of nitrogens with one attached hydrogen (secondary N) is 1. The number of hydrogen-bond donors (Lipinski definition) is 1. The summed E-state index contributed by atoms with van der Waals surface area (Å²) in [6.45, 7) is 14.6. The first-order valence-corrected chi connectivity index (χ1v) is 7.10. The Kier molecular flexibility index (Phi) is 5.40. The van der Waals surface area contributed by atoms with Crippen molar-refractivity contribution in [2.24, 2.45) is 5.92 Å². The van der Waals surface area contributed by atoms with Gasteiger partial charge in [0.25, 0.3) is 0 Å². The van der Waals surface area contributed by atoms with Crippen molar-refractivity contribution in [3.05, 3.63) is 35.4 Å². The van der Waals surface area contributed by atoms with Gasteiger partial charge in [-0.1, -0.05) is 38.1 Å². The molecule has 0 bridgehead atoms. The van der Waals surface area contributed by atoms with Crippen LogP contribution in [0.4, 0.5) is 0 Å². The average molecular weight is 247 g/mol. The Bertz CT molecular complexity index is 360. The Hall–Kier alpha value is -0.820. The molecule has 0 fully saturated rings. The van der Waals surface area contributed by atoms with Gasteiger partial charge in [0, 0.05) is 12.1 Å². The van der Waals surface area contributed by atoms with Gasteiger partial charge in [-0.05, 0) is 57.1 Å². The lowest BCUT2D eigenvalue weighted by Crippen LogP contribution is -2.38. The van der Waals surface area contributed by atoms with Crippen molar-refractivity contribution in [2.45, 2.75) is 59.4 Å². The summed E-state index contributed by atoms with van der Waals surface area (Å²) in [5.41, 5.74) is 3.11.